The maximum atomic E-state index is 13.0. The number of halogens is 3. The van der Waals surface area contributed by atoms with Crippen LogP contribution in [0.15, 0.2) is 18.2 Å². The van der Waals surface area contributed by atoms with Crippen LogP contribution in [-0.2, 0) is 0 Å². The van der Waals surface area contributed by atoms with Crippen LogP contribution in [0.3, 0.4) is 0 Å². The third kappa shape index (κ3) is 5.59. The van der Waals surface area contributed by atoms with Gasteiger partial charge in [0.2, 0.25) is 0 Å². The first-order valence-electron chi connectivity index (χ1n) is 7.12. The molecule has 1 fully saturated rings. The zero-order valence-electron chi connectivity index (χ0n) is 11.9. The minimum Gasteiger partial charge on any atom is -0.352 e. The molecule has 2 rings (SSSR count). The molecule has 1 aliphatic heterocycles. The van der Waals surface area contributed by atoms with Gasteiger partial charge in [-0.05, 0) is 63.5 Å². The number of hydrogen-bond acceptors (Lipinski definition) is 2. The van der Waals surface area contributed by atoms with E-state index in [-0.39, 0.29) is 23.9 Å². The second kappa shape index (κ2) is 8.95. The van der Waals surface area contributed by atoms with E-state index in [9.17, 15) is 13.6 Å². The van der Waals surface area contributed by atoms with Gasteiger partial charge < -0.3 is 10.2 Å². The summed E-state index contributed by atoms with van der Waals surface area (Å²) in [5.74, 6) is -2.29. The lowest BCUT2D eigenvalue weighted by Gasteiger charge is -2.14. The smallest absolute Gasteiger partial charge is 0.251 e. The van der Waals surface area contributed by atoms with Gasteiger partial charge in [0.05, 0.1) is 0 Å². The summed E-state index contributed by atoms with van der Waals surface area (Å²) in [5, 5.41) is 2.72. The van der Waals surface area contributed by atoms with Crippen molar-refractivity contribution in [3.63, 3.8) is 0 Å². The van der Waals surface area contributed by atoms with Crippen LogP contribution in [0, 0.1) is 11.6 Å². The van der Waals surface area contributed by atoms with Gasteiger partial charge in [0.25, 0.3) is 5.91 Å². The average molecular weight is 319 g/mol. The van der Waals surface area contributed by atoms with Crippen LogP contribution in [0.1, 0.15) is 36.0 Å². The Morgan fingerprint density at radius 1 is 1.14 bits per heavy atom. The molecule has 0 saturated carbocycles. The lowest BCUT2D eigenvalue weighted by atomic mass is 10.2. The van der Waals surface area contributed by atoms with E-state index in [0.717, 1.165) is 31.5 Å². The highest BCUT2D eigenvalue weighted by Crippen LogP contribution is 2.09. The fourth-order valence-corrected chi connectivity index (χ4v) is 2.41. The predicted molar refractivity (Wildman–Crippen MR) is 80.8 cm³/mol. The van der Waals surface area contributed by atoms with Gasteiger partial charge in [-0.25, -0.2) is 8.78 Å². The molecule has 0 spiro atoms. The molecule has 1 heterocycles. The molecule has 3 nitrogen and oxygen atoms in total. The SMILES string of the molecule is Cl.O=C(NCCCCN1CCCC1)c1ccc(F)c(F)c1. The maximum Gasteiger partial charge on any atom is 0.251 e. The molecule has 21 heavy (non-hydrogen) atoms. The summed E-state index contributed by atoms with van der Waals surface area (Å²) in [4.78, 5) is 14.1. The lowest BCUT2D eigenvalue weighted by molar-refractivity contribution is 0.0952. The van der Waals surface area contributed by atoms with Crippen LogP contribution in [0.25, 0.3) is 0 Å². The number of benzene rings is 1. The molecule has 6 heteroatoms. The van der Waals surface area contributed by atoms with E-state index in [2.05, 4.69) is 10.2 Å². The average Bonchev–Trinajstić information content (AvgIpc) is 2.94. The monoisotopic (exact) mass is 318 g/mol. The number of unbranched alkanes of at least 4 members (excludes halogenated alkanes) is 1. The summed E-state index contributed by atoms with van der Waals surface area (Å²) in [6, 6.07) is 3.19. The van der Waals surface area contributed by atoms with E-state index >= 15 is 0 Å². The summed E-state index contributed by atoms with van der Waals surface area (Å²) < 4.78 is 25.7. The first kappa shape index (κ1) is 17.9. The Morgan fingerprint density at radius 2 is 1.86 bits per heavy atom. The lowest BCUT2D eigenvalue weighted by Crippen LogP contribution is -2.26. The Balaban J connectivity index is 0.00000220. The highest BCUT2D eigenvalue weighted by Gasteiger charge is 2.11. The maximum absolute atomic E-state index is 13.0. The van der Waals surface area contributed by atoms with Crippen molar-refractivity contribution in [3.8, 4) is 0 Å². The van der Waals surface area contributed by atoms with E-state index in [1.54, 1.807) is 0 Å². The molecule has 0 radical (unpaired) electrons. The molecule has 1 amide bonds. The molecule has 1 aliphatic rings. The van der Waals surface area contributed by atoms with Crippen molar-refractivity contribution in [2.45, 2.75) is 25.7 Å². The predicted octanol–water partition coefficient (Wildman–Crippen LogP) is 2.99. The molecule has 0 aliphatic carbocycles. The minimum atomic E-state index is -0.994. The number of hydrogen-bond donors (Lipinski definition) is 1. The third-order valence-electron chi connectivity index (χ3n) is 3.57. The van der Waals surface area contributed by atoms with Gasteiger partial charge in [0.1, 0.15) is 0 Å². The Morgan fingerprint density at radius 3 is 2.52 bits per heavy atom. The van der Waals surface area contributed by atoms with Crippen LogP contribution < -0.4 is 5.32 Å². The van der Waals surface area contributed by atoms with Crippen molar-refractivity contribution in [2.75, 3.05) is 26.2 Å². The molecule has 1 aromatic carbocycles. The summed E-state index contributed by atoms with van der Waals surface area (Å²) in [5.41, 5.74) is 0.156. The molecule has 0 unspecified atom stereocenters. The highest BCUT2D eigenvalue weighted by atomic mass is 35.5. The van der Waals surface area contributed by atoms with Gasteiger partial charge >= 0.3 is 0 Å². The highest BCUT2D eigenvalue weighted by molar-refractivity contribution is 5.94. The number of nitrogens with one attached hydrogen (secondary N) is 1. The normalized spacial score (nSPS) is 14.8. The van der Waals surface area contributed by atoms with Crippen molar-refractivity contribution >= 4 is 18.3 Å². The second-order valence-electron chi connectivity index (χ2n) is 5.14. The Kier molecular flexibility index (Phi) is 7.61. The zero-order chi connectivity index (χ0) is 14.4. The molecule has 0 aromatic heterocycles. The summed E-state index contributed by atoms with van der Waals surface area (Å²) in [6.07, 6.45) is 4.50. The zero-order valence-corrected chi connectivity index (χ0v) is 12.7. The number of rotatable bonds is 6. The first-order valence-corrected chi connectivity index (χ1v) is 7.12. The molecule has 1 aromatic rings. The van der Waals surface area contributed by atoms with Crippen LogP contribution in [-0.4, -0.2) is 37.0 Å². The van der Waals surface area contributed by atoms with Crippen LogP contribution in [0.5, 0.6) is 0 Å². The van der Waals surface area contributed by atoms with Crippen molar-refractivity contribution in [1.82, 2.24) is 10.2 Å². The first-order chi connectivity index (χ1) is 9.66. The van der Waals surface area contributed by atoms with Gasteiger partial charge in [0, 0.05) is 12.1 Å². The van der Waals surface area contributed by atoms with E-state index < -0.39 is 11.6 Å². The minimum absolute atomic E-state index is 0. The summed E-state index contributed by atoms with van der Waals surface area (Å²) in [7, 11) is 0. The van der Waals surface area contributed by atoms with Crippen molar-refractivity contribution in [1.29, 1.82) is 0 Å². The number of carbonyl (C=O) groups excluding carboxylic acids is 1. The molecular formula is C15H21ClF2N2O. The number of amides is 1. The van der Waals surface area contributed by atoms with Gasteiger partial charge in [-0.15, -0.1) is 12.4 Å². The van der Waals surface area contributed by atoms with Crippen molar-refractivity contribution in [2.24, 2.45) is 0 Å². The Hall–Kier alpha value is -1.20. The number of likely N-dealkylation sites (tertiary alicyclic amines) is 1. The van der Waals surface area contributed by atoms with Crippen molar-refractivity contribution in [3.05, 3.63) is 35.4 Å². The fraction of sp³-hybridized carbons (Fsp3) is 0.533. The van der Waals surface area contributed by atoms with E-state index in [0.29, 0.717) is 6.54 Å². The molecule has 1 N–H and O–H groups in total. The Bertz CT molecular complexity index is 465. The van der Waals surface area contributed by atoms with E-state index in [4.69, 9.17) is 0 Å². The molecule has 118 valence electrons. The quantitative estimate of drug-likeness (QED) is 0.818. The second-order valence-corrected chi connectivity index (χ2v) is 5.14. The molecule has 1 saturated heterocycles. The fourth-order valence-electron chi connectivity index (χ4n) is 2.41. The summed E-state index contributed by atoms with van der Waals surface area (Å²) in [6.45, 7) is 4.00. The van der Waals surface area contributed by atoms with E-state index in [1.165, 1.54) is 32.0 Å². The van der Waals surface area contributed by atoms with Gasteiger partial charge in [-0.2, -0.15) is 0 Å². The molecule has 0 atom stereocenters. The number of nitrogens with zero attached hydrogens (tertiary/aromatic N) is 1. The van der Waals surface area contributed by atoms with Gasteiger partial charge in [0.15, 0.2) is 11.6 Å². The van der Waals surface area contributed by atoms with Gasteiger partial charge in [-0.3, -0.25) is 4.79 Å². The number of carbonyl (C=O) groups is 1. The molecular weight excluding hydrogens is 298 g/mol. The largest absolute Gasteiger partial charge is 0.352 e. The standard InChI is InChI=1S/C15H20F2N2O.ClH/c16-13-6-5-12(11-14(13)17)15(20)18-7-1-2-8-19-9-3-4-10-19;/h5-6,11H,1-4,7-10H2,(H,18,20);1H. The van der Waals surface area contributed by atoms with Crippen LogP contribution in [0.4, 0.5) is 8.78 Å². The topological polar surface area (TPSA) is 32.3 Å². The van der Waals surface area contributed by atoms with E-state index in [1.807, 2.05) is 0 Å². The van der Waals surface area contributed by atoms with Crippen LogP contribution in [0.2, 0.25) is 0 Å². The van der Waals surface area contributed by atoms with Crippen molar-refractivity contribution < 1.29 is 13.6 Å². The summed E-state index contributed by atoms with van der Waals surface area (Å²) >= 11 is 0. The third-order valence-corrected chi connectivity index (χ3v) is 3.57. The van der Waals surface area contributed by atoms with Gasteiger partial charge in [-0.1, -0.05) is 0 Å². The Labute approximate surface area is 130 Å². The molecule has 0 bridgehead atoms. The van der Waals surface area contributed by atoms with Crippen LogP contribution >= 0.6 is 12.4 Å².